The van der Waals surface area contributed by atoms with E-state index in [4.69, 9.17) is 0 Å². The quantitative estimate of drug-likeness (QED) is 0.854. The Hall–Kier alpha value is -1.60. The Labute approximate surface area is 123 Å². The summed E-state index contributed by atoms with van der Waals surface area (Å²) in [5.74, 6) is -0.291. The molecule has 1 amide bonds. The van der Waals surface area contributed by atoms with E-state index in [0.29, 0.717) is 12.1 Å². The van der Waals surface area contributed by atoms with Crippen LogP contribution in [0.1, 0.15) is 17.4 Å². The Morgan fingerprint density at radius 3 is 2.60 bits per heavy atom. The first kappa shape index (κ1) is 16.5. The summed E-state index contributed by atoms with van der Waals surface area (Å²) < 4.78 is 24.9. The fourth-order valence-corrected chi connectivity index (χ4v) is 2.53. The number of aromatic nitrogens is 2. The highest BCUT2D eigenvalue weighted by atomic mass is 35.5. The van der Waals surface area contributed by atoms with E-state index in [2.05, 4.69) is 4.98 Å². The van der Waals surface area contributed by atoms with Crippen LogP contribution in [0.15, 0.2) is 29.6 Å². The zero-order valence-electron chi connectivity index (χ0n) is 11.4. The molecule has 0 atom stereocenters. The zero-order chi connectivity index (χ0) is 14.2. The van der Waals surface area contributed by atoms with E-state index in [-0.39, 0.29) is 29.2 Å². The maximum atomic E-state index is 12.2. The van der Waals surface area contributed by atoms with Gasteiger partial charge in [0.1, 0.15) is 0 Å². The van der Waals surface area contributed by atoms with Gasteiger partial charge >= 0.3 is 0 Å². The number of amides is 1. The minimum absolute atomic E-state index is 0. The average molecular weight is 318 g/mol. The third-order valence-corrected chi connectivity index (χ3v) is 3.82. The van der Waals surface area contributed by atoms with Gasteiger partial charge in [0.25, 0.3) is 5.91 Å². The first-order valence-electron chi connectivity index (χ1n) is 5.79. The number of rotatable bonds is 3. The van der Waals surface area contributed by atoms with Crippen LogP contribution >= 0.6 is 12.4 Å². The highest BCUT2D eigenvalue weighted by Gasteiger charge is 2.23. The molecule has 20 heavy (non-hydrogen) atoms. The Balaban J connectivity index is 0.00000200. The first-order valence-corrected chi connectivity index (χ1v) is 7.68. The SMILES string of the molecule is CCN(C)C(=O)c1nc(S(C)(=O)=O)n2ccccc12.Cl. The van der Waals surface area contributed by atoms with Crippen LogP contribution in [0.4, 0.5) is 0 Å². The highest BCUT2D eigenvalue weighted by molar-refractivity contribution is 7.90. The molecule has 2 heterocycles. The van der Waals surface area contributed by atoms with Crippen molar-refractivity contribution >= 4 is 33.7 Å². The Morgan fingerprint density at radius 2 is 2.05 bits per heavy atom. The molecule has 0 bridgehead atoms. The number of hydrogen-bond donors (Lipinski definition) is 0. The van der Waals surface area contributed by atoms with E-state index in [9.17, 15) is 13.2 Å². The summed E-state index contributed by atoms with van der Waals surface area (Å²) in [7, 11) is -1.84. The van der Waals surface area contributed by atoms with Gasteiger partial charge in [-0.3, -0.25) is 9.20 Å². The molecule has 0 aliphatic rings. The molecule has 0 aliphatic heterocycles. The average Bonchev–Trinajstić information content (AvgIpc) is 2.76. The van der Waals surface area contributed by atoms with Crippen molar-refractivity contribution in [2.45, 2.75) is 12.1 Å². The molecule has 0 fully saturated rings. The van der Waals surface area contributed by atoms with Crippen LogP contribution in [0.25, 0.3) is 5.52 Å². The summed E-state index contributed by atoms with van der Waals surface area (Å²) in [6, 6.07) is 5.12. The predicted molar refractivity (Wildman–Crippen MR) is 78.2 cm³/mol. The number of nitrogens with zero attached hydrogens (tertiary/aromatic N) is 3. The van der Waals surface area contributed by atoms with E-state index >= 15 is 0 Å². The molecule has 8 heteroatoms. The molecular weight excluding hydrogens is 302 g/mol. The van der Waals surface area contributed by atoms with E-state index in [0.717, 1.165) is 6.26 Å². The number of hydrogen-bond acceptors (Lipinski definition) is 4. The number of carbonyl (C=O) groups is 1. The molecule has 0 aromatic carbocycles. The van der Waals surface area contributed by atoms with Crippen molar-refractivity contribution < 1.29 is 13.2 Å². The maximum Gasteiger partial charge on any atom is 0.274 e. The third kappa shape index (κ3) is 2.78. The molecule has 0 spiro atoms. The molecule has 0 unspecified atom stereocenters. The number of halogens is 1. The van der Waals surface area contributed by atoms with Crippen molar-refractivity contribution in [3.63, 3.8) is 0 Å². The molecule has 0 saturated heterocycles. The molecular formula is C12H16ClN3O3S. The monoisotopic (exact) mass is 317 g/mol. The lowest BCUT2D eigenvalue weighted by Crippen LogP contribution is -2.26. The van der Waals surface area contributed by atoms with Gasteiger partial charge in [-0.2, -0.15) is 0 Å². The van der Waals surface area contributed by atoms with Gasteiger partial charge < -0.3 is 4.90 Å². The third-order valence-electron chi connectivity index (χ3n) is 2.87. The summed E-state index contributed by atoms with van der Waals surface area (Å²) in [6.07, 6.45) is 2.66. The lowest BCUT2D eigenvalue weighted by molar-refractivity contribution is 0.0799. The number of fused-ring (bicyclic) bond motifs is 1. The molecule has 110 valence electrons. The largest absolute Gasteiger partial charge is 0.341 e. The highest BCUT2D eigenvalue weighted by Crippen LogP contribution is 2.18. The van der Waals surface area contributed by atoms with Crippen LogP contribution in [-0.4, -0.2) is 48.5 Å². The fourth-order valence-electron chi connectivity index (χ4n) is 1.75. The van der Waals surface area contributed by atoms with Crippen LogP contribution in [-0.2, 0) is 9.84 Å². The van der Waals surface area contributed by atoms with Gasteiger partial charge in [0.05, 0.1) is 5.52 Å². The topological polar surface area (TPSA) is 71.8 Å². The predicted octanol–water partition coefficient (Wildman–Crippen LogP) is 1.25. The lowest BCUT2D eigenvalue weighted by Gasteiger charge is -2.12. The molecule has 2 rings (SSSR count). The summed E-state index contributed by atoms with van der Waals surface area (Å²) in [4.78, 5) is 17.7. The Kier molecular flexibility index (Phi) is 4.77. The summed E-state index contributed by atoms with van der Waals surface area (Å²) in [6.45, 7) is 2.37. The fraction of sp³-hybridized carbons (Fsp3) is 0.333. The smallest absolute Gasteiger partial charge is 0.274 e. The second-order valence-electron chi connectivity index (χ2n) is 4.29. The van der Waals surface area contributed by atoms with Gasteiger partial charge in [0, 0.05) is 26.0 Å². The van der Waals surface area contributed by atoms with E-state index in [1.54, 1.807) is 31.4 Å². The van der Waals surface area contributed by atoms with Crippen LogP contribution < -0.4 is 0 Å². The molecule has 0 aliphatic carbocycles. The number of pyridine rings is 1. The molecule has 2 aromatic rings. The van der Waals surface area contributed by atoms with E-state index in [1.807, 2.05) is 6.92 Å². The van der Waals surface area contributed by atoms with Gasteiger partial charge in [0.2, 0.25) is 15.0 Å². The van der Waals surface area contributed by atoms with Crippen molar-refractivity contribution in [2.75, 3.05) is 19.8 Å². The maximum absolute atomic E-state index is 12.2. The van der Waals surface area contributed by atoms with E-state index in [1.165, 1.54) is 9.30 Å². The van der Waals surface area contributed by atoms with Crippen molar-refractivity contribution in [3.05, 3.63) is 30.1 Å². The number of imidazole rings is 1. The van der Waals surface area contributed by atoms with Gasteiger partial charge in [-0.25, -0.2) is 13.4 Å². The van der Waals surface area contributed by atoms with Gasteiger partial charge in [-0.05, 0) is 19.1 Å². The summed E-state index contributed by atoms with van der Waals surface area (Å²) >= 11 is 0. The van der Waals surface area contributed by atoms with Crippen molar-refractivity contribution in [1.82, 2.24) is 14.3 Å². The van der Waals surface area contributed by atoms with Crippen LogP contribution in [0.3, 0.4) is 0 Å². The molecule has 6 nitrogen and oxygen atoms in total. The molecule has 0 N–H and O–H groups in total. The minimum atomic E-state index is -3.49. The van der Waals surface area contributed by atoms with Gasteiger partial charge in [0.15, 0.2) is 5.69 Å². The van der Waals surface area contributed by atoms with Gasteiger partial charge in [-0.15, -0.1) is 12.4 Å². The number of sulfone groups is 1. The lowest BCUT2D eigenvalue weighted by atomic mass is 10.3. The van der Waals surface area contributed by atoms with Crippen LogP contribution in [0.2, 0.25) is 0 Å². The zero-order valence-corrected chi connectivity index (χ0v) is 13.0. The second kappa shape index (κ2) is 5.80. The normalized spacial score (nSPS) is 11.2. The van der Waals surface area contributed by atoms with Crippen LogP contribution in [0.5, 0.6) is 0 Å². The van der Waals surface area contributed by atoms with E-state index < -0.39 is 9.84 Å². The second-order valence-corrected chi connectivity index (χ2v) is 6.20. The van der Waals surface area contributed by atoms with Crippen molar-refractivity contribution in [3.8, 4) is 0 Å². The Morgan fingerprint density at radius 1 is 1.40 bits per heavy atom. The summed E-state index contributed by atoms with van der Waals surface area (Å²) in [5, 5.41) is -0.115. The molecule has 0 saturated carbocycles. The molecule has 0 radical (unpaired) electrons. The first-order chi connectivity index (χ1) is 8.86. The standard InChI is InChI=1S/C12H15N3O3S.ClH/c1-4-14(2)11(16)10-9-7-5-6-8-15(9)12(13-10)19(3,17)18;/h5-8H,4H2,1-3H3;1H. The minimum Gasteiger partial charge on any atom is -0.341 e. The molecule has 2 aromatic heterocycles. The van der Waals surface area contributed by atoms with Crippen molar-refractivity contribution in [2.24, 2.45) is 0 Å². The Bertz CT molecular complexity index is 739. The van der Waals surface area contributed by atoms with Gasteiger partial charge in [-0.1, -0.05) is 6.07 Å². The van der Waals surface area contributed by atoms with Crippen LogP contribution in [0, 0.1) is 0 Å². The van der Waals surface area contributed by atoms with Crippen molar-refractivity contribution in [1.29, 1.82) is 0 Å². The number of carbonyl (C=O) groups excluding carboxylic acids is 1. The summed E-state index contributed by atoms with van der Waals surface area (Å²) in [5.41, 5.74) is 0.651.